The Kier molecular flexibility index (Phi) is 4.56. The maximum atomic E-state index is 12.1. The maximum Gasteiger partial charge on any atom is 0.310 e. The summed E-state index contributed by atoms with van der Waals surface area (Å²) in [6.07, 6.45) is 0.264. The first-order valence-corrected chi connectivity index (χ1v) is 6.49. The molecule has 2 aromatic carbocycles. The van der Waals surface area contributed by atoms with Gasteiger partial charge in [0, 0.05) is 23.7 Å². The predicted octanol–water partition coefficient (Wildman–Crippen LogP) is 2.96. The molecule has 5 nitrogen and oxygen atoms in total. The molecule has 0 spiro atoms. The first-order valence-electron chi connectivity index (χ1n) is 6.49. The van der Waals surface area contributed by atoms with Gasteiger partial charge in [0.15, 0.2) is 0 Å². The van der Waals surface area contributed by atoms with Crippen molar-refractivity contribution in [1.82, 2.24) is 0 Å². The van der Waals surface area contributed by atoms with E-state index in [-0.39, 0.29) is 24.0 Å². The molecule has 0 saturated heterocycles. The highest BCUT2D eigenvalue weighted by molar-refractivity contribution is 6.04. The Balaban J connectivity index is 2.12. The molecule has 0 saturated carbocycles. The smallest absolute Gasteiger partial charge is 0.310 e. The summed E-state index contributed by atoms with van der Waals surface area (Å²) in [7, 11) is 0. The van der Waals surface area contributed by atoms with Gasteiger partial charge in [0.1, 0.15) is 11.5 Å². The number of benzene rings is 2. The van der Waals surface area contributed by atoms with Gasteiger partial charge < -0.3 is 15.2 Å². The van der Waals surface area contributed by atoms with Gasteiger partial charge in [-0.1, -0.05) is 19.1 Å². The Bertz CT molecular complexity index is 667. The monoisotopic (exact) mass is 285 g/mol. The van der Waals surface area contributed by atoms with Gasteiger partial charge in [-0.15, -0.1) is 0 Å². The molecule has 0 aliphatic heterocycles. The molecule has 1 amide bonds. The van der Waals surface area contributed by atoms with Crippen molar-refractivity contribution in [3.05, 3.63) is 54.1 Å². The second kappa shape index (κ2) is 6.56. The minimum Gasteiger partial charge on any atom is -0.508 e. The number of phenolic OH excluding ortho intramolecular Hbond substituents is 1. The quantitative estimate of drug-likeness (QED) is 0.669. The Hall–Kier alpha value is -2.82. The van der Waals surface area contributed by atoms with Crippen molar-refractivity contribution < 1.29 is 19.4 Å². The Morgan fingerprint density at radius 1 is 1.14 bits per heavy atom. The van der Waals surface area contributed by atoms with Crippen LogP contribution in [0.2, 0.25) is 0 Å². The highest BCUT2D eigenvalue weighted by Gasteiger charge is 2.09. The number of aromatic hydroxyl groups is 1. The zero-order valence-corrected chi connectivity index (χ0v) is 11.5. The van der Waals surface area contributed by atoms with E-state index in [1.54, 1.807) is 37.3 Å². The van der Waals surface area contributed by atoms with Gasteiger partial charge in [-0.2, -0.15) is 0 Å². The molecule has 0 fully saturated rings. The number of phenols is 1. The maximum absolute atomic E-state index is 12.1. The number of carbonyl (C=O) groups excluding carboxylic acids is 2. The average molecular weight is 285 g/mol. The molecule has 0 aliphatic rings. The number of rotatable bonds is 4. The number of amides is 1. The Morgan fingerprint density at radius 3 is 2.62 bits per heavy atom. The molecule has 2 N–H and O–H groups in total. The summed E-state index contributed by atoms with van der Waals surface area (Å²) in [5, 5.41) is 12.0. The van der Waals surface area contributed by atoms with Crippen molar-refractivity contribution in [3.8, 4) is 11.5 Å². The van der Waals surface area contributed by atoms with E-state index in [4.69, 9.17) is 4.74 Å². The fraction of sp³-hybridized carbons (Fsp3) is 0.125. The first kappa shape index (κ1) is 14.6. The summed E-state index contributed by atoms with van der Waals surface area (Å²) in [6.45, 7) is 1.70. The predicted molar refractivity (Wildman–Crippen MR) is 78.4 cm³/mol. The fourth-order valence-corrected chi connectivity index (χ4v) is 1.69. The number of hydrogen-bond donors (Lipinski definition) is 2. The van der Waals surface area contributed by atoms with Crippen LogP contribution in [0.3, 0.4) is 0 Å². The van der Waals surface area contributed by atoms with Crippen LogP contribution >= 0.6 is 0 Å². The zero-order valence-electron chi connectivity index (χ0n) is 11.5. The van der Waals surface area contributed by atoms with Crippen LogP contribution in [-0.2, 0) is 4.79 Å². The van der Waals surface area contributed by atoms with E-state index >= 15 is 0 Å². The summed E-state index contributed by atoms with van der Waals surface area (Å²) < 4.78 is 5.06. The van der Waals surface area contributed by atoms with Crippen molar-refractivity contribution in [2.24, 2.45) is 0 Å². The third kappa shape index (κ3) is 4.07. The second-order valence-corrected chi connectivity index (χ2v) is 4.36. The van der Waals surface area contributed by atoms with E-state index in [2.05, 4.69) is 5.32 Å². The largest absolute Gasteiger partial charge is 0.508 e. The van der Waals surface area contributed by atoms with Crippen molar-refractivity contribution >= 4 is 17.6 Å². The molecular formula is C16H15NO4. The van der Waals surface area contributed by atoms with Gasteiger partial charge in [-0.3, -0.25) is 9.59 Å². The van der Waals surface area contributed by atoms with E-state index in [1.165, 1.54) is 18.2 Å². The number of nitrogens with one attached hydrogen (secondary N) is 1. The average Bonchev–Trinajstić information content (AvgIpc) is 2.47. The summed E-state index contributed by atoms with van der Waals surface area (Å²) in [5.74, 6) is -0.320. The second-order valence-electron chi connectivity index (χ2n) is 4.36. The molecule has 0 radical (unpaired) electrons. The number of ether oxygens (including phenoxy) is 1. The lowest BCUT2D eigenvalue weighted by atomic mass is 10.2. The van der Waals surface area contributed by atoms with Gasteiger partial charge >= 0.3 is 5.97 Å². The summed E-state index contributed by atoms with van der Waals surface area (Å²) >= 11 is 0. The van der Waals surface area contributed by atoms with E-state index in [9.17, 15) is 14.7 Å². The standard InChI is InChI=1S/C16H15NO4/c1-2-15(19)21-14-8-3-5-11(9-14)16(20)17-12-6-4-7-13(18)10-12/h3-10,18H,2H2,1H3,(H,17,20). The SMILES string of the molecule is CCC(=O)Oc1cccc(C(=O)Nc2cccc(O)c2)c1. The normalized spacial score (nSPS) is 9.95. The van der Waals surface area contributed by atoms with E-state index in [1.807, 2.05) is 0 Å². The fourth-order valence-electron chi connectivity index (χ4n) is 1.69. The first-order chi connectivity index (χ1) is 10.1. The lowest BCUT2D eigenvalue weighted by Gasteiger charge is -2.07. The summed E-state index contributed by atoms with van der Waals surface area (Å²) in [4.78, 5) is 23.3. The van der Waals surface area contributed by atoms with Crippen LogP contribution in [0.5, 0.6) is 11.5 Å². The lowest BCUT2D eigenvalue weighted by Crippen LogP contribution is -2.12. The molecule has 0 heterocycles. The molecule has 0 unspecified atom stereocenters. The molecule has 2 aromatic rings. The van der Waals surface area contributed by atoms with Gasteiger partial charge in [0.25, 0.3) is 5.91 Å². The van der Waals surface area contributed by atoms with Crippen molar-refractivity contribution in [2.75, 3.05) is 5.32 Å². The summed E-state index contributed by atoms with van der Waals surface area (Å²) in [5.41, 5.74) is 0.843. The minimum absolute atomic E-state index is 0.0680. The van der Waals surface area contributed by atoms with E-state index in [0.717, 1.165) is 0 Å². The highest BCUT2D eigenvalue weighted by Crippen LogP contribution is 2.18. The Labute approximate surface area is 122 Å². The van der Waals surface area contributed by atoms with Crippen LogP contribution in [0.1, 0.15) is 23.7 Å². The van der Waals surface area contributed by atoms with Gasteiger partial charge in [0.2, 0.25) is 0 Å². The molecule has 108 valence electrons. The van der Waals surface area contributed by atoms with E-state index < -0.39 is 0 Å². The molecular weight excluding hydrogens is 270 g/mol. The third-order valence-corrected chi connectivity index (χ3v) is 2.72. The molecule has 0 aromatic heterocycles. The molecule has 5 heteroatoms. The van der Waals surface area contributed by atoms with Gasteiger partial charge in [0.05, 0.1) is 0 Å². The number of anilines is 1. The van der Waals surface area contributed by atoms with Crippen LogP contribution in [0, 0.1) is 0 Å². The van der Waals surface area contributed by atoms with E-state index in [0.29, 0.717) is 17.0 Å². The molecule has 0 bridgehead atoms. The van der Waals surface area contributed by atoms with Crippen LogP contribution in [-0.4, -0.2) is 17.0 Å². The topological polar surface area (TPSA) is 75.6 Å². The van der Waals surface area contributed by atoms with Crippen molar-refractivity contribution in [1.29, 1.82) is 0 Å². The number of hydrogen-bond acceptors (Lipinski definition) is 4. The van der Waals surface area contributed by atoms with Crippen molar-refractivity contribution in [3.63, 3.8) is 0 Å². The minimum atomic E-state index is -0.361. The third-order valence-electron chi connectivity index (χ3n) is 2.72. The molecule has 0 atom stereocenters. The van der Waals surface area contributed by atoms with Gasteiger partial charge in [-0.05, 0) is 30.3 Å². The van der Waals surface area contributed by atoms with Crippen molar-refractivity contribution in [2.45, 2.75) is 13.3 Å². The Morgan fingerprint density at radius 2 is 1.90 bits per heavy atom. The highest BCUT2D eigenvalue weighted by atomic mass is 16.5. The summed E-state index contributed by atoms with van der Waals surface area (Å²) in [6, 6.07) is 12.6. The van der Waals surface area contributed by atoms with Gasteiger partial charge in [-0.25, -0.2) is 0 Å². The molecule has 2 rings (SSSR count). The number of carbonyl (C=O) groups is 2. The number of esters is 1. The van der Waals surface area contributed by atoms with Crippen LogP contribution < -0.4 is 10.1 Å². The van der Waals surface area contributed by atoms with Crippen LogP contribution in [0.4, 0.5) is 5.69 Å². The van der Waals surface area contributed by atoms with Crippen LogP contribution in [0.25, 0.3) is 0 Å². The molecule has 21 heavy (non-hydrogen) atoms. The zero-order chi connectivity index (χ0) is 15.2. The lowest BCUT2D eigenvalue weighted by molar-refractivity contribution is -0.134. The van der Waals surface area contributed by atoms with Crippen LogP contribution in [0.15, 0.2) is 48.5 Å². The molecule has 0 aliphatic carbocycles.